The van der Waals surface area contributed by atoms with E-state index in [2.05, 4.69) is 11.2 Å². The lowest BCUT2D eigenvalue weighted by Crippen LogP contribution is -2.17. The number of nitrogens with one attached hydrogen (secondary N) is 1. The molecule has 0 spiro atoms. The summed E-state index contributed by atoms with van der Waals surface area (Å²) in [5.74, 6) is 2.50. The zero-order chi connectivity index (χ0) is 10.9. The number of alkyl halides is 3. The Morgan fingerprint density at radius 1 is 1.07 bits per heavy atom. The molecule has 0 saturated carbocycles. The molecule has 0 aromatic heterocycles. The van der Waals surface area contributed by atoms with Gasteiger partial charge in [0.2, 0.25) is 0 Å². The van der Waals surface area contributed by atoms with Crippen LogP contribution in [0, 0.1) is 12.3 Å². The van der Waals surface area contributed by atoms with Crippen molar-refractivity contribution >= 4 is 0 Å². The van der Waals surface area contributed by atoms with Gasteiger partial charge in [-0.1, -0.05) is 0 Å². The van der Waals surface area contributed by atoms with Crippen LogP contribution in [0.5, 0.6) is 0 Å². The number of terminal acetylenes is 1. The van der Waals surface area contributed by atoms with Gasteiger partial charge in [0.25, 0.3) is 0 Å². The van der Waals surface area contributed by atoms with Crippen LogP contribution in [0.1, 0.15) is 32.1 Å². The van der Waals surface area contributed by atoms with E-state index in [4.69, 9.17) is 6.42 Å². The molecule has 0 radical (unpaired) electrons. The smallest absolute Gasteiger partial charge is 0.317 e. The number of halogens is 3. The lowest BCUT2D eigenvalue weighted by molar-refractivity contribution is -0.135. The molecule has 0 aliphatic carbocycles. The van der Waals surface area contributed by atoms with Crippen molar-refractivity contribution in [3.05, 3.63) is 0 Å². The fourth-order valence-electron chi connectivity index (χ4n) is 1.02. The standard InChI is InChI=1S/C10H16F3N/c1-2-3-5-8-14-9-6-4-7-10(11,12)13/h1,14H,3-9H2. The van der Waals surface area contributed by atoms with Gasteiger partial charge in [0, 0.05) is 12.8 Å². The first-order chi connectivity index (χ1) is 6.56. The highest BCUT2D eigenvalue weighted by atomic mass is 19.4. The SMILES string of the molecule is C#CCCCNCCCCC(F)(F)F. The summed E-state index contributed by atoms with van der Waals surface area (Å²) in [5.41, 5.74) is 0. The molecule has 0 aromatic carbocycles. The van der Waals surface area contributed by atoms with Gasteiger partial charge in [0.1, 0.15) is 0 Å². The minimum absolute atomic E-state index is 0.200. The summed E-state index contributed by atoms with van der Waals surface area (Å²) in [7, 11) is 0. The average Bonchev–Trinajstić information content (AvgIpc) is 2.08. The summed E-state index contributed by atoms with van der Waals surface area (Å²) in [6.07, 6.45) is 2.71. The number of hydrogen-bond acceptors (Lipinski definition) is 1. The minimum Gasteiger partial charge on any atom is -0.317 e. The molecule has 0 aromatic rings. The zero-order valence-corrected chi connectivity index (χ0v) is 8.16. The van der Waals surface area contributed by atoms with Gasteiger partial charge >= 0.3 is 6.18 Å². The van der Waals surface area contributed by atoms with E-state index in [1.165, 1.54) is 0 Å². The highest BCUT2D eigenvalue weighted by Crippen LogP contribution is 2.21. The Hall–Kier alpha value is -0.690. The summed E-state index contributed by atoms with van der Waals surface area (Å²) < 4.78 is 35.1. The van der Waals surface area contributed by atoms with Crippen molar-refractivity contribution in [2.45, 2.75) is 38.3 Å². The lowest BCUT2D eigenvalue weighted by atomic mass is 10.2. The molecule has 4 heteroatoms. The van der Waals surface area contributed by atoms with Crippen molar-refractivity contribution in [2.24, 2.45) is 0 Å². The van der Waals surface area contributed by atoms with E-state index in [1.54, 1.807) is 0 Å². The molecule has 0 rings (SSSR count). The van der Waals surface area contributed by atoms with E-state index in [9.17, 15) is 13.2 Å². The largest absolute Gasteiger partial charge is 0.389 e. The van der Waals surface area contributed by atoms with Crippen LogP contribution < -0.4 is 5.32 Å². The second-order valence-corrected chi connectivity index (χ2v) is 3.13. The van der Waals surface area contributed by atoms with Gasteiger partial charge in [-0.3, -0.25) is 0 Å². The summed E-state index contributed by atoms with van der Waals surface area (Å²) in [6, 6.07) is 0. The first-order valence-electron chi connectivity index (χ1n) is 4.77. The minimum atomic E-state index is -4.01. The normalized spacial score (nSPS) is 11.3. The van der Waals surface area contributed by atoms with Crippen LogP contribution in [0.3, 0.4) is 0 Å². The summed E-state index contributed by atoms with van der Waals surface area (Å²) in [5, 5.41) is 3.04. The number of hydrogen-bond donors (Lipinski definition) is 1. The van der Waals surface area contributed by atoms with E-state index < -0.39 is 12.6 Å². The van der Waals surface area contributed by atoms with Crippen LogP contribution in [-0.2, 0) is 0 Å². The maximum Gasteiger partial charge on any atom is 0.389 e. The predicted molar refractivity (Wildman–Crippen MR) is 50.8 cm³/mol. The van der Waals surface area contributed by atoms with Crippen LogP contribution in [0.25, 0.3) is 0 Å². The molecule has 0 aliphatic heterocycles. The fourth-order valence-corrected chi connectivity index (χ4v) is 1.02. The van der Waals surface area contributed by atoms with Gasteiger partial charge in [0.05, 0.1) is 0 Å². The van der Waals surface area contributed by atoms with Crippen molar-refractivity contribution in [2.75, 3.05) is 13.1 Å². The Labute approximate surface area is 83.1 Å². The van der Waals surface area contributed by atoms with Crippen LogP contribution in [0.4, 0.5) is 13.2 Å². The van der Waals surface area contributed by atoms with Gasteiger partial charge in [-0.2, -0.15) is 13.2 Å². The maximum atomic E-state index is 11.7. The third-order valence-corrected chi connectivity index (χ3v) is 1.74. The van der Waals surface area contributed by atoms with E-state index in [0.717, 1.165) is 19.4 Å². The molecule has 0 fully saturated rings. The molecular weight excluding hydrogens is 191 g/mol. The second kappa shape index (κ2) is 7.69. The van der Waals surface area contributed by atoms with Gasteiger partial charge < -0.3 is 5.32 Å². The molecule has 0 saturated heterocycles. The quantitative estimate of drug-likeness (QED) is 0.500. The summed E-state index contributed by atoms with van der Waals surface area (Å²) in [6.45, 7) is 1.43. The topological polar surface area (TPSA) is 12.0 Å². The first kappa shape index (κ1) is 13.3. The van der Waals surface area contributed by atoms with Crippen LogP contribution in [0.2, 0.25) is 0 Å². The Balaban J connectivity index is 3.04. The Bertz CT molecular complexity index is 169. The number of rotatable bonds is 7. The monoisotopic (exact) mass is 207 g/mol. The molecule has 0 heterocycles. The molecule has 0 unspecified atom stereocenters. The van der Waals surface area contributed by atoms with Crippen molar-refractivity contribution < 1.29 is 13.2 Å². The molecule has 1 N–H and O–H groups in total. The van der Waals surface area contributed by atoms with E-state index in [-0.39, 0.29) is 6.42 Å². The lowest BCUT2D eigenvalue weighted by Gasteiger charge is -2.06. The highest BCUT2D eigenvalue weighted by Gasteiger charge is 2.25. The summed E-state index contributed by atoms with van der Waals surface area (Å²) in [4.78, 5) is 0. The third kappa shape index (κ3) is 11.3. The van der Waals surface area contributed by atoms with E-state index >= 15 is 0 Å². The van der Waals surface area contributed by atoms with E-state index in [0.29, 0.717) is 13.0 Å². The zero-order valence-electron chi connectivity index (χ0n) is 8.16. The fraction of sp³-hybridized carbons (Fsp3) is 0.800. The molecule has 1 nitrogen and oxygen atoms in total. The number of unbranched alkanes of at least 4 members (excludes halogenated alkanes) is 2. The maximum absolute atomic E-state index is 11.7. The second-order valence-electron chi connectivity index (χ2n) is 3.13. The molecule has 0 bridgehead atoms. The third-order valence-electron chi connectivity index (χ3n) is 1.74. The van der Waals surface area contributed by atoms with Gasteiger partial charge in [-0.05, 0) is 32.4 Å². The van der Waals surface area contributed by atoms with Crippen molar-refractivity contribution in [3.63, 3.8) is 0 Å². The Morgan fingerprint density at radius 2 is 1.71 bits per heavy atom. The first-order valence-corrected chi connectivity index (χ1v) is 4.77. The Kier molecular flexibility index (Phi) is 7.31. The van der Waals surface area contributed by atoms with Crippen molar-refractivity contribution in [1.29, 1.82) is 0 Å². The van der Waals surface area contributed by atoms with E-state index in [1.807, 2.05) is 0 Å². The molecule has 14 heavy (non-hydrogen) atoms. The summed E-state index contributed by atoms with van der Waals surface area (Å²) >= 11 is 0. The predicted octanol–water partition coefficient (Wildman–Crippen LogP) is 2.72. The molecule has 0 atom stereocenters. The van der Waals surface area contributed by atoms with Gasteiger partial charge in [-0.25, -0.2) is 0 Å². The average molecular weight is 207 g/mol. The molecule has 0 amide bonds. The molecule has 0 aliphatic rings. The van der Waals surface area contributed by atoms with Crippen LogP contribution in [0.15, 0.2) is 0 Å². The Morgan fingerprint density at radius 3 is 2.29 bits per heavy atom. The highest BCUT2D eigenvalue weighted by molar-refractivity contribution is 4.83. The molecular formula is C10H16F3N. The van der Waals surface area contributed by atoms with Gasteiger partial charge in [-0.15, -0.1) is 12.3 Å². The van der Waals surface area contributed by atoms with Crippen molar-refractivity contribution in [3.8, 4) is 12.3 Å². The van der Waals surface area contributed by atoms with Gasteiger partial charge in [0.15, 0.2) is 0 Å². The van der Waals surface area contributed by atoms with Crippen molar-refractivity contribution in [1.82, 2.24) is 5.32 Å². The van der Waals surface area contributed by atoms with Crippen LogP contribution in [-0.4, -0.2) is 19.3 Å². The molecule has 82 valence electrons. The van der Waals surface area contributed by atoms with Crippen LogP contribution >= 0.6 is 0 Å².